The predicted octanol–water partition coefficient (Wildman–Crippen LogP) is 3.49. The van der Waals surface area contributed by atoms with Gasteiger partial charge in [-0.05, 0) is 51.1 Å². The Morgan fingerprint density at radius 3 is 2.86 bits per heavy atom. The Labute approximate surface area is 133 Å². The first kappa shape index (κ1) is 16.8. The molecule has 21 heavy (non-hydrogen) atoms. The summed E-state index contributed by atoms with van der Waals surface area (Å²) < 4.78 is 6.11. The van der Waals surface area contributed by atoms with Gasteiger partial charge < -0.3 is 10.1 Å². The maximum Gasteiger partial charge on any atom is 0.0707 e. The van der Waals surface area contributed by atoms with Crippen LogP contribution in [0.4, 0.5) is 0 Å². The van der Waals surface area contributed by atoms with Crippen LogP contribution in [-0.2, 0) is 4.74 Å². The Bertz CT molecular complexity index is 441. The number of nitrogens with one attached hydrogen (secondary N) is 1. The lowest BCUT2D eigenvalue weighted by atomic mass is 10.1. The second-order valence-electron chi connectivity index (χ2n) is 5.94. The summed E-state index contributed by atoms with van der Waals surface area (Å²) in [6, 6.07) is 8.46. The summed E-state index contributed by atoms with van der Waals surface area (Å²) in [5.74, 6) is 0. The molecule has 1 heterocycles. The number of hydrogen-bond donors (Lipinski definition) is 1. The van der Waals surface area contributed by atoms with Crippen LogP contribution in [0.15, 0.2) is 24.3 Å². The van der Waals surface area contributed by atoms with Crippen LogP contribution in [0.25, 0.3) is 0 Å². The Kier molecular flexibility index (Phi) is 6.49. The fraction of sp³-hybridized carbons (Fsp3) is 0.647. The Hall–Kier alpha value is -0.610. The molecular formula is C17H27ClN2O. The zero-order valence-electron chi connectivity index (χ0n) is 13.3. The molecule has 3 atom stereocenters. The molecule has 0 saturated carbocycles. The third-order valence-corrected chi connectivity index (χ3v) is 4.54. The average Bonchev–Trinajstić information content (AvgIpc) is 2.91. The van der Waals surface area contributed by atoms with E-state index < -0.39 is 0 Å². The largest absolute Gasteiger partial charge is 0.372 e. The number of nitrogens with zero attached hydrogens (tertiary/aromatic N) is 1. The molecule has 1 aliphatic heterocycles. The number of hydrogen-bond acceptors (Lipinski definition) is 3. The molecule has 0 radical (unpaired) electrons. The first-order valence-corrected chi connectivity index (χ1v) is 8.29. The maximum atomic E-state index is 6.11. The van der Waals surface area contributed by atoms with Gasteiger partial charge in [0.25, 0.3) is 0 Å². The highest BCUT2D eigenvalue weighted by Gasteiger charge is 2.27. The van der Waals surface area contributed by atoms with Gasteiger partial charge in [0.05, 0.1) is 12.2 Å². The molecule has 4 heteroatoms. The molecule has 1 saturated heterocycles. The molecule has 1 aliphatic rings. The van der Waals surface area contributed by atoms with Crippen LogP contribution in [0, 0.1) is 0 Å². The molecule has 3 nitrogen and oxygen atoms in total. The molecule has 1 aromatic rings. The second-order valence-corrected chi connectivity index (χ2v) is 6.37. The van der Waals surface area contributed by atoms with E-state index in [9.17, 15) is 0 Å². The minimum absolute atomic E-state index is 0.347. The zero-order valence-corrected chi connectivity index (χ0v) is 14.1. The summed E-state index contributed by atoms with van der Waals surface area (Å²) in [5, 5.41) is 4.17. The topological polar surface area (TPSA) is 24.5 Å². The third kappa shape index (κ3) is 4.96. The van der Waals surface area contributed by atoms with E-state index in [2.05, 4.69) is 37.2 Å². The number of ether oxygens (including phenoxy) is 1. The van der Waals surface area contributed by atoms with Crippen LogP contribution < -0.4 is 5.32 Å². The summed E-state index contributed by atoms with van der Waals surface area (Å²) in [6.45, 7) is 7.30. The number of likely N-dealkylation sites (N-methyl/N-ethyl adjacent to an activating group) is 2. The highest BCUT2D eigenvalue weighted by Crippen LogP contribution is 2.25. The van der Waals surface area contributed by atoms with Crippen molar-refractivity contribution in [3.63, 3.8) is 0 Å². The van der Waals surface area contributed by atoms with Crippen molar-refractivity contribution in [3.05, 3.63) is 34.9 Å². The van der Waals surface area contributed by atoms with Gasteiger partial charge in [0.2, 0.25) is 0 Å². The molecule has 1 N–H and O–H groups in total. The molecule has 0 aromatic heterocycles. The van der Waals surface area contributed by atoms with E-state index in [1.165, 1.54) is 5.56 Å². The monoisotopic (exact) mass is 310 g/mol. The van der Waals surface area contributed by atoms with Gasteiger partial charge in [-0.3, -0.25) is 4.90 Å². The predicted molar refractivity (Wildman–Crippen MR) is 88.9 cm³/mol. The Morgan fingerprint density at radius 1 is 1.38 bits per heavy atom. The number of benzene rings is 1. The fourth-order valence-corrected chi connectivity index (χ4v) is 3.07. The van der Waals surface area contributed by atoms with Crippen molar-refractivity contribution in [2.24, 2.45) is 0 Å². The summed E-state index contributed by atoms with van der Waals surface area (Å²) in [7, 11) is 2.16. The zero-order chi connectivity index (χ0) is 15.2. The van der Waals surface area contributed by atoms with Crippen molar-refractivity contribution in [1.82, 2.24) is 10.2 Å². The van der Waals surface area contributed by atoms with Gasteiger partial charge in [-0.1, -0.05) is 30.7 Å². The highest BCUT2D eigenvalue weighted by molar-refractivity contribution is 6.30. The number of halogens is 1. The van der Waals surface area contributed by atoms with E-state index >= 15 is 0 Å². The van der Waals surface area contributed by atoms with Gasteiger partial charge >= 0.3 is 0 Å². The lowest BCUT2D eigenvalue weighted by molar-refractivity contribution is 0.0219. The van der Waals surface area contributed by atoms with Crippen molar-refractivity contribution >= 4 is 11.6 Å². The van der Waals surface area contributed by atoms with Crippen LogP contribution >= 0.6 is 11.6 Å². The molecule has 0 aliphatic carbocycles. The number of rotatable bonds is 7. The molecule has 1 fully saturated rings. The Balaban J connectivity index is 1.83. The second kappa shape index (κ2) is 8.14. The summed E-state index contributed by atoms with van der Waals surface area (Å²) in [6.07, 6.45) is 3.05. The lowest BCUT2D eigenvalue weighted by Crippen LogP contribution is -2.33. The summed E-state index contributed by atoms with van der Waals surface area (Å²) >= 11 is 6.08. The van der Waals surface area contributed by atoms with E-state index in [1.54, 1.807) is 0 Å². The van der Waals surface area contributed by atoms with E-state index in [0.29, 0.717) is 18.2 Å². The molecule has 0 spiro atoms. The molecule has 1 aromatic carbocycles. The molecular weight excluding hydrogens is 284 g/mol. The van der Waals surface area contributed by atoms with Crippen LogP contribution in [0.1, 0.15) is 38.3 Å². The van der Waals surface area contributed by atoms with Crippen LogP contribution in [-0.4, -0.2) is 43.8 Å². The van der Waals surface area contributed by atoms with Gasteiger partial charge in [0.15, 0.2) is 0 Å². The van der Waals surface area contributed by atoms with Crippen molar-refractivity contribution < 1.29 is 4.74 Å². The van der Waals surface area contributed by atoms with Crippen LogP contribution in [0.2, 0.25) is 5.02 Å². The van der Waals surface area contributed by atoms with E-state index in [4.69, 9.17) is 16.3 Å². The minimum Gasteiger partial charge on any atom is -0.372 e. The SMILES string of the molecule is CCNCC1CCC(CN(C)C(C)c2cccc(Cl)c2)O1. The molecule has 3 unspecified atom stereocenters. The minimum atomic E-state index is 0.347. The Morgan fingerprint density at radius 2 is 2.14 bits per heavy atom. The van der Waals surface area contributed by atoms with Gasteiger partial charge in [0, 0.05) is 24.2 Å². The van der Waals surface area contributed by atoms with E-state index in [1.807, 2.05) is 18.2 Å². The standard InChI is InChI=1S/C17H27ClN2O/c1-4-19-11-16-8-9-17(21-16)12-20(3)13(2)14-6-5-7-15(18)10-14/h5-7,10,13,16-17,19H,4,8-9,11-12H2,1-3H3. The van der Waals surface area contributed by atoms with Crippen molar-refractivity contribution in [2.75, 3.05) is 26.7 Å². The van der Waals surface area contributed by atoms with Crippen molar-refractivity contribution in [2.45, 2.75) is 44.9 Å². The molecule has 0 amide bonds. The fourth-order valence-electron chi connectivity index (χ4n) is 2.87. The first-order valence-electron chi connectivity index (χ1n) is 7.92. The smallest absolute Gasteiger partial charge is 0.0707 e. The summed E-state index contributed by atoms with van der Waals surface area (Å²) in [5.41, 5.74) is 1.26. The van der Waals surface area contributed by atoms with E-state index in [0.717, 1.165) is 37.5 Å². The normalized spacial score (nSPS) is 23.7. The maximum absolute atomic E-state index is 6.11. The lowest BCUT2D eigenvalue weighted by Gasteiger charge is -2.28. The van der Waals surface area contributed by atoms with Crippen LogP contribution in [0.3, 0.4) is 0 Å². The molecule has 0 bridgehead atoms. The quantitative estimate of drug-likeness (QED) is 0.834. The van der Waals surface area contributed by atoms with Gasteiger partial charge in [-0.25, -0.2) is 0 Å². The molecule has 2 rings (SSSR count). The van der Waals surface area contributed by atoms with E-state index in [-0.39, 0.29) is 0 Å². The van der Waals surface area contributed by atoms with Crippen molar-refractivity contribution in [3.8, 4) is 0 Å². The average molecular weight is 311 g/mol. The first-order chi connectivity index (χ1) is 10.1. The highest BCUT2D eigenvalue weighted by atomic mass is 35.5. The van der Waals surface area contributed by atoms with Crippen LogP contribution in [0.5, 0.6) is 0 Å². The third-order valence-electron chi connectivity index (χ3n) is 4.30. The van der Waals surface area contributed by atoms with Gasteiger partial charge in [-0.15, -0.1) is 0 Å². The van der Waals surface area contributed by atoms with Crippen molar-refractivity contribution in [1.29, 1.82) is 0 Å². The molecule has 118 valence electrons. The van der Waals surface area contributed by atoms with Gasteiger partial charge in [0.1, 0.15) is 0 Å². The summed E-state index contributed by atoms with van der Waals surface area (Å²) in [4.78, 5) is 2.35. The van der Waals surface area contributed by atoms with Gasteiger partial charge in [-0.2, -0.15) is 0 Å².